The van der Waals surface area contributed by atoms with Gasteiger partial charge in [-0.2, -0.15) is 0 Å². The predicted octanol–water partition coefficient (Wildman–Crippen LogP) is 13.6. The SMILES string of the molecule is CCCCCCCC/C=C\CCCCCCCC(=O)Oc1ccc(N(C)C)cc1OC(=O)CCCCCCC/C=C\CCCCCCCC. The first kappa shape index (κ1) is 44.5. The summed E-state index contributed by atoms with van der Waals surface area (Å²) in [6.07, 6.45) is 41.9. The zero-order chi connectivity index (χ0) is 35.6. The number of unbranched alkanes of at least 4 members (excludes halogenated alkanes) is 22. The standard InChI is InChI=1S/C44H75NO4/c1-5-7-9-11-13-15-17-19-21-23-25-27-29-31-33-35-43(46)48-41-38-37-40(45(3)4)39-42(41)49-44(47)36-34-32-30-28-26-24-22-20-18-16-14-12-10-8-6-2/h19-22,37-39H,5-18,23-36H2,1-4H3/b21-19-,22-20-. The van der Waals surface area contributed by atoms with Crippen LogP contribution in [0.25, 0.3) is 0 Å². The van der Waals surface area contributed by atoms with E-state index in [1.807, 2.05) is 25.1 Å². The molecule has 0 N–H and O–H groups in total. The summed E-state index contributed by atoms with van der Waals surface area (Å²) in [5.74, 6) is 0.0935. The maximum Gasteiger partial charge on any atom is 0.311 e. The van der Waals surface area contributed by atoms with Crippen molar-refractivity contribution in [3.05, 3.63) is 42.5 Å². The number of carbonyl (C=O) groups excluding carboxylic acids is 2. The lowest BCUT2D eigenvalue weighted by molar-refractivity contribution is -0.137. The maximum absolute atomic E-state index is 12.7. The van der Waals surface area contributed by atoms with Gasteiger partial charge >= 0.3 is 11.9 Å². The van der Waals surface area contributed by atoms with Crippen molar-refractivity contribution >= 4 is 17.6 Å². The normalized spacial score (nSPS) is 11.5. The summed E-state index contributed by atoms with van der Waals surface area (Å²) in [5, 5.41) is 0. The number of esters is 2. The average Bonchev–Trinajstić information content (AvgIpc) is 3.08. The minimum absolute atomic E-state index is 0.273. The monoisotopic (exact) mass is 682 g/mol. The van der Waals surface area contributed by atoms with Gasteiger partial charge in [0.2, 0.25) is 0 Å². The maximum atomic E-state index is 12.7. The van der Waals surface area contributed by atoms with Gasteiger partial charge in [0.1, 0.15) is 0 Å². The van der Waals surface area contributed by atoms with Crippen molar-refractivity contribution in [1.82, 2.24) is 0 Å². The van der Waals surface area contributed by atoms with Crippen molar-refractivity contribution in [2.75, 3.05) is 19.0 Å². The topological polar surface area (TPSA) is 55.8 Å². The van der Waals surface area contributed by atoms with Crippen LogP contribution < -0.4 is 14.4 Å². The number of hydrogen-bond acceptors (Lipinski definition) is 5. The molecular formula is C44H75NO4. The minimum atomic E-state index is -0.275. The van der Waals surface area contributed by atoms with Crippen molar-refractivity contribution in [3.63, 3.8) is 0 Å². The highest BCUT2D eigenvalue weighted by atomic mass is 16.6. The summed E-state index contributed by atoms with van der Waals surface area (Å²) in [5.41, 5.74) is 0.890. The van der Waals surface area contributed by atoms with Crippen LogP contribution in [0.5, 0.6) is 11.5 Å². The smallest absolute Gasteiger partial charge is 0.311 e. The Bertz CT molecular complexity index is 999. The predicted molar refractivity (Wildman–Crippen MR) is 211 cm³/mol. The van der Waals surface area contributed by atoms with Gasteiger partial charge in [0.25, 0.3) is 0 Å². The van der Waals surface area contributed by atoms with Crippen LogP contribution in [0.15, 0.2) is 42.5 Å². The number of hydrogen-bond donors (Lipinski definition) is 0. The van der Waals surface area contributed by atoms with Gasteiger partial charge in [0.15, 0.2) is 11.5 Å². The molecule has 1 rings (SSSR count). The van der Waals surface area contributed by atoms with Gasteiger partial charge in [0, 0.05) is 38.7 Å². The van der Waals surface area contributed by atoms with E-state index in [1.165, 1.54) is 116 Å². The molecule has 0 spiro atoms. The van der Waals surface area contributed by atoms with Crippen molar-refractivity contribution in [2.45, 2.75) is 194 Å². The third kappa shape index (κ3) is 26.9. The number of nitrogens with zero attached hydrogens (tertiary/aromatic N) is 1. The van der Waals surface area contributed by atoms with E-state index in [1.54, 1.807) is 12.1 Å². The van der Waals surface area contributed by atoms with E-state index < -0.39 is 0 Å². The lowest BCUT2D eigenvalue weighted by Gasteiger charge is -2.16. The van der Waals surface area contributed by atoms with Crippen molar-refractivity contribution in [3.8, 4) is 11.5 Å². The van der Waals surface area contributed by atoms with Gasteiger partial charge in [-0.1, -0.05) is 141 Å². The molecule has 0 bridgehead atoms. The van der Waals surface area contributed by atoms with Crippen LogP contribution in [0, 0.1) is 0 Å². The molecule has 0 amide bonds. The first-order valence-electron chi connectivity index (χ1n) is 20.5. The summed E-state index contributed by atoms with van der Waals surface area (Å²) < 4.78 is 11.4. The molecular weight excluding hydrogens is 606 g/mol. The third-order valence-electron chi connectivity index (χ3n) is 9.18. The number of ether oxygens (including phenoxy) is 2. The number of carbonyl (C=O) groups is 2. The van der Waals surface area contributed by atoms with E-state index in [2.05, 4.69) is 38.2 Å². The third-order valence-corrected chi connectivity index (χ3v) is 9.18. The molecule has 0 radical (unpaired) electrons. The fraction of sp³-hybridized carbons (Fsp3) is 0.727. The van der Waals surface area contributed by atoms with Gasteiger partial charge in [0.05, 0.1) is 0 Å². The second-order valence-electron chi connectivity index (χ2n) is 14.1. The van der Waals surface area contributed by atoms with Gasteiger partial charge < -0.3 is 14.4 Å². The molecule has 0 aromatic heterocycles. The molecule has 49 heavy (non-hydrogen) atoms. The Labute approximate surface area is 302 Å². The number of benzene rings is 1. The summed E-state index contributed by atoms with van der Waals surface area (Å²) in [7, 11) is 3.87. The molecule has 0 aliphatic carbocycles. The Morgan fingerprint density at radius 1 is 0.490 bits per heavy atom. The van der Waals surface area contributed by atoms with Crippen molar-refractivity contribution in [1.29, 1.82) is 0 Å². The number of allylic oxidation sites excluding steroid dienone is 4. The van der Waals surface area contributed by atoms with E-state index in [9.17, 15) is 9.59 Å². The number of anilines is 1. The van der Waals surface area contributed by atoms with Gasteiger partial charge in [-0.15, -0.1) is 0 Å². The highest BCUT2D eigenvalue weighted by Crippen LogP contribution is 2.32. The molecule has 0 aliphatic heterocycles. The fourth-order valence-corrected chi connectivity index (χ4v) is 5.97. The van der Waals surface area contributed by atoms with Crippen LogP contribution in [-0.4, -0.2) is 26.0 Å². The second kappa shape index (κ2) is 32.6. The van der Waals surface area contributed by atoms with E-state index in [4.69, 9.17) is 9.47 Å². The Morgan fingerprint density at radius 2 is 0.837 bits per heavy atom. The molecule has 0 saturated carbocycles. The molecule has 280 valence electrons. The van der Waals surface area contributed by atoms with Gasteiger partial charge in [-0.05, 0) is 76.3 Å². The molecule has 0 fully saturated rings. The zero-order valence-corrected chi connectivity index (χ0v) is 32.4. The molecule has 0 saturated heterocycles. The fourth-order valence-electron chi connectivity index (χ4n) is 5.97. The lowest BCUT2D eigenvalue weighted by Crippen LogP contribution is -2.14. The molecule has 0 heterocycles. The van der Waals surface area contributed by atoms with Crippen LogP contribution in [0.3, 0.4) is 0 Å². The Hall–Kier alpha value is -2.56. The molecule has 0 atom stereocenters. The first-order chi connectivity index (χ1) is 24.0. The summed E-state index contributed by atoms with van der Waals surface area (Å²) >= 11 is 0. The summed E-state index contributed by atoms with van der Waals surface area (Å²) in [4.78, 5) is 27.3. The summed E-state index contributed by atoms with van der Waals surface area (Å²) in [6.45, 7) is 4.53. The first-order valence-corrected chi connectivity index (χ1v) is 20.5. The van der Waals surface area contributed by atoms with Crippen LogP contribution in [0.4, 0.5) is 5.69 Å². The Balaban J connectivity index is 2.22. The molecule has 5 heteroatoms. The van der Waals surface area contributed by atoms with Crippen molar-refractivity contribution < 1.29 is 19.1 Å². The van der Waals surface area contributed by atoms with E-state index in [-0.39, 0.29) is 11.9 Å². The average molecular weight is 682 g/mol. The molecule has 1 aromatic carbocycles. The summed E-state index contributed by atoms with van der Waals surface area (Å²) in [6, 6.07) is 5.40. The van der Waals surface area contributed by atoms with Crippen molar-refractivity contribution in [2.24, 2.45) is 0 Å². The van der Waals surface area contributed by atoms with E-state index in [0.29, 0.717) is 24.3 Å². The van der Waals surface area contributed by atoms with Crippen LogP contribution in [-0.2, 0) is 9.59 Å². The van der Waals surface area contributed by atoms with E-state index >= 15 is 0 Å². The van der Waals surface area contributed by atoms with E-state index in [0.717, 1.165) is 57.1 Å². The largest absolute Gasteiger partial charge is 0.423 e. The minimum Gasteiger partial charge on any atom is -0.423 e. The highest BCUT2D eigenvalue weighted by molar-refractivity contribution is 5.77. The Kier molecular flexibility index (Phi) is 29.6. The van der Waals surface area contributed by atoms with Gasteiger partial charge in [-0.25, -0.2) is 0 Å². The zero-order valence-electron chi connectivity index (χ0n) is 32.4. The van der Waals surface area contributed by atoms with Crippen LogP contribution in [0.2, 0.25) is 0 Å². The van der Waals surface area contributed by atoms with Gasteiger partial charge in [-0.3, -0.25) is 9.59 Å². The Morgan fingerprint density at radius 3 is 1.22 bits per heavy atom. The lowest BCUT2D eigenvalue weighted by atomic mass is 10.1. The number of rotatable bonds is 33. The molecule has 0 unspecified atom stereocenters. The van der Waals surface area contributed by atoms with Crippen LogP contribution in [0.1, 0.15) is 194 Å². The molecule has 5 nitrogen and oxygen atoms in total. The quantitative estimate of drug-likeness (QED) is 0.0320. The molecule has 1 aromatic rings. The second-order valence-corrected chi connectivity index (χ2v) is 14.1. The molecule has 0 aliphatic rings. The highest BCUT2D eigenvalue weighted by Gasteiger charge is 2.15. The van der Waals surface area contributed by atoms with Crippen LogP contribution >= 0.6 is 0 Å².